The van der Waals surface area contributed by atoms with E-state index in [9.17, 15) is 4.79 Å². The fourth-order valence-corrected chi connectivity index (χ4v) is 4.12. The quantitative estimate of drug-likeness (QED) is 0.786. The lowest BCUT2D eigenvalue weighted by molar-refractivity contribution is -0.134. The Kier molecular flexibility index (Phi) is 4.08. The van der Waals surface area contributed by atoms with E-state index in [4.69, 9.17) is 5.73 Å². The van der Waals surface area contributed by atoms with Crippen LogP contribution in [0.4, 0.5) is 0 Å². The van der Waals surface area contributed by atoms with Gasteiger partial charge in [0.15, 0.2) is 0 Å². The van der Waals surface area contributed by atoms with E-state index in [2.05, 4.69) is 10.2 Å². The molecule has 0 aromatic heterocycles. The minimum Gasteiger partial charge on any atom is -0.341 e. The van der Waals surface area contributed by atoms with Gasteiger partial charge in [0, 0.05) is 19.1 Å². The molecule has 1 aliphatic carbocycles. The van der Waals surface area contributed by atoms with Crippen LogP contribution in [0.5, 0.6) is 0 Å². The van der Waals surface area contributed by atoms with Crippen LogP contribution in [0.25, 0.3) is 0 Å². The molecule has 0 aromatic rings. The first-order valence-corrected chi connectivity index (χ1v) is 8.03. The number of rotatable bonds is 2. The van der Waals surface area contributed by atoms with Gasteiger partial charge in [0.2, 0.25) is 5.91 Å². The van der Waals surface area contributed by atoms with Crippen molar-refractivity contribution < 1.29 is 4.79 Å². The fraction of sp³-hybridized carbons (Fsp3) is 0.933. The lowest BCUT2D eigenvalue weighted by Crippen LogP contribution is -2.48. The second kappa shape index (κ2) is 5.80. The molecule has 3 fully saturated rings. The van der Waals surface area contributed by atoms with E-state index in [1.165, 1.54) is 25.7 Å². The predicted molar refractivity (Wildman–Crippen MR) is 75.6 cm³/mol. The molecule has 2 saturated heterocycles. The number of carbonyl (C=O) groups excluding carboxylic acids is 1. The minimum atomic E-state index is 0.0996. The highest BCUT2D eigenvalue weighted by Crippen LogP contribution is 2.34. The van der Waals surface area contributed by atoms with Crippen LogP contribution in [0.2, 0.25) is 0 Å². The van der Waals surface area contributed by atoms with Crippen LogP contribution in [0.3, 0.4) is 0 Å². The molecule has 0 bridgehead atoms. The molecule has 2 aliphatic heterocycles. The van der Waals surface area contributed by atoms with Gasteiger partial charge in [-0.2, -0.15) is 0 Å². The van der Waals surface area contributed by atoms with Crippen LogP contribution in [0.1, 0.15) is 44.9 Å². The first-order valence-electron chi connectivity index (χ1n) is 8.03. The molecule has 3 rings (SSSR count). The maximum absolute atomic E-state index is 12.6. The fourth-order valence-electron chi connectivity index (χ4n) is 4.12. The zero-order chi connectivity index (χ0) is 13.2. The molecule has 3 N–H and O–H groups in total. The molecule has 0 spiro atoms. The number of piperidine rings is 1. The summed E-state index contributed by atoms with van der Waals surface area (Å²) in [4.78, 5) is 14.6. The summed E-state index contributed by atoms with van der Waals surface area (Å²) in [5.74, 6) is 1.73. The summed E-state index contributed by atoms with van der Waals surface area (Å²) in [5.41, 5.74) is 5.71. The Morgan fingerprint density at radius 3 is 2.58 bits per heavy atom. The SMILES string of the molecule is NCC1CCN(C(=O)C2CC3CCCCC3N2)CC1. The topological polar surface area (TPSA) is 58.4 Å². The van der Waals surface area contributed by atoms with Crippen molar-refractivity contribution in [2.75, 3.05) is 19.6 Å². The molecule has 108 valence electrons. The molecule has 2 heterocycles. The summed E-state index contributed by atoms with van der Waals surface area (Å²) in [6, 6.07) is 0.715. The monoisotopic (exact) mass is 265 g/mol. The van der Waals surface area contributed by atoms with Gasteiger partial charge in [-0.25, -0.2) is 0 Å². The summed E-state index contributed by atoms with van der Waals surface area (Å²) >= 11 is 0. The number of nitrogens with zero attached hydrogens (tertiary/aromatic N) is 1. The standard InChI is InChI=1S/C15H27N3O/c16-10-11-5-7-18(8-6-11)15(19)14-9-12-3-1-2-4-13(12)17-14/h11-14,17H,1-10,16H2. The Hall–Kier alpha value is -0.610. The molecule has 19 heavy (non-hydrogen) atoms. The molecule has 1 amide bonds. The maximum atomic E-state index is 12.6. The molecular weight excluding hydrogens is 238 g/mol. The van der Waals surface area contributed by atoms with Gasteiger partial charge < -0.3 is 16.0 Å². The highest BCUT2D eigenvalue weighted by Gasteiger charge is 2.40. The summed E-state index contributed by atoms with van der Waals surface area (Å²) < 4.78 is 0. The van der Waals surface area contributed by atoms with Crippen LogP contribution in [-0.2, 0) is 4.79 Å². The minimum absolute atomic E-state index is 0.0996. The van der Waals surface area contributed by atoms with E-state index in [1.54, 1.807) is 0 Å². The number of fused-ring (bicyclic) bond motifs is 1. The van der Waals surface area contributed by atoms with Crippen LogP contribution in [0.15, 0.2) is 0 Å². The van der Waals surface area contributed by atoms with Crippen molar-refractivity contribution >= 4 is 5.91 Å². The van der Waals surface area contributed by atoms with Crippen LogP contribution in [0, 0.1) is 11.8 Å². The zero-order valence-corrected chi connectivity index (χ0v) is 11.8. The first-order chi connectivity index (χ1) is 9.28. The van der Waals surface area contributed by atoms with Crippen molar-refractivity contribution in [2.45, 2.75) is 57.0 Å². The van der Waals surface area contributed by atoms with E-state index >= 15 is 0 Å². The van der Waals surface area contributed by atoms with Crippen molar-refractivity contribution in [1.29, 1.82) is 0 Å². The summed E-state index contributed by atoms with van der Waals surface area (Å²) in [7, 11) is 0. The van der Waals surface area contributed by atoms with E-state index in [-0.39, 0.29) is 6.04 Å². The lowest BCUT2D eigenvalue weighted by atomic mass is 9.85. The molecule has 4 nitrogen and oxygen atoms in total. The predicted octanol–water partition coefficient (Wildman–Crippen LogP) is 1.10. The van der Waals surface area contributed by atoms with Gasteiger partial charge in [-0.3, -0.25) is 4.79 Å². The molecule has 1 saturated carbocycles. The smallest absolute Gasteiger partial charge is 0.239 e. The number of carbonyl (C=O) groups is 1. The molecule has 0 aromatic carbocycles. The van der Waals surface area contributed by atoms with E-state index in [0.717, 1.165) is 44.8 Å². The van der Waals surface area contributed by atoms with E-state index in [1.807, 2.05) is 0 Å². The van der Waals surface area contributed by atoms with Crippen LogP contribution in [-0.4, -0.2) is 42.5 Å². The third kappa shape index (κ3) is 2.79. The van der Waals surface area contributed by atoms with Gasteiger partial charge in [-0.05, 0) is 50.5 Å². The average Bonchev–Trinajstić information content (AvgIpc) is 2.90. The zero-order valence-electron chi connectivity index (χ0n) is 11.8. The Balaban J connectivity index is 1.53. The maximum Gasteiger partial charge on any atom is 0.239 e. The summed E-state index contributed by atoms with van der Waals surface area (Å²) in [5, 5.41) is 3.60. The van der Waals surface area contributed by atoms with E-state index < -0.39 is 0 Å². The van der Waals surface area contributed by atoms with Crippen LogP contribution >= 0.6 is 0 Å². The second-order valence-electron chi connectivity index (χ2n) is 6.61. The Bertz CT molecular complexity index is 311. The lowest BCUT2D eigenvalue weighted by Gasteiger charge is -2.33. The average molecular weight is 265 g/mol. The summed E-state index contributed by atoms with van der Waals surface area (Å²) in [6.07, 6.45) is 8.51. The number of nitrogens with two attached hydrogens (primary N) is 1. The molecule has 0 radical (unpaired) electrons. The van der Waals surface area contributed by atoms with E-state index in [0.29, 0.717) is 17.9 Å². The molecule has 3 atom stereocenters. The van der Waals surface area contributed by atoms with Gasteiger partial charge in [-0.15, -0.1) is 0 Å². The van der Waals surface area contributed by atoms with Gasteiger partial charge in [-0.1, -0.05) is 12.8 Å². The third-order valence-electron chi connectivity index (χ3n) is 5.42. The van der Waals surface area contributed by atoms with Crippen LogP contribution < -0.4 is 11.1 Å². The van der Waals surface area contributed by atoms with Crippen molar-refractivity contribution in [1.82, 2.24) is 10.2 Å². The van der Waals surface area contributed by atoms with Crippen molar-refractivity contribution in [3.05, 3.63) is 0 Å². The van der Waals surface area contributed by atoms with Crippen molar-refractivity contribution in [3.63, 3.8) is 0 Å². The molecule has 3 aliphatic rings. The molecule has 4 heteroatoms. The number of nitrogens with one attached hydrogen (secondary N) is 1. The molecule has 3 unspecified atom stereocenters. The normalized spacial score (nSPS) is 36.3. The van der Waals surface area contributed by atoms with Gasteiger partial charge >= 0.3 is 0 Å². The Morgan fingerprint density at radius 2 is 1.89 bits per heavy atom. The largest absolute Gasteiger partial charge is 0.341 e. The van der Waals surface area contributed by atoms with Crippen molar-refractivity contribution in [3.8, 4) is 0 Å². The summed E-state index contributed by atoms with van der Waals surface area (Å²) in [6.45, 7) is 2.59. The Labute approximate surface area is 116 Å². The number of hydrogen-bond donors (Lipinski definition) is 2. The van der Waals surface area contributed by atoms with Gasteiger partial charge in [0.25, 0.3) is 0 Å². The highest BCUT2D eigenvalue weighted by molar-refractivity contribution is 5.82. The number of amides is 1. The number of hydrogen-bond acceptors (Lipinski definition) is 3. The highest BCUT2D eigenvalue weighted by atomic mass is 16.2. The number of likely N-dealkylation sites (tertiary alicyclic amines) is 1. The Morgan fingerprint density at radius 1 is 1.16 bits per heavy atom. The second-order valence-corrected chi connectivity index (χ2v) is 6.61. The first kappa shape index (κ1) is 13.4. The molecular formula is C15H27N3O. The van der Waals surface area contributed by atoms with Gasteiger partial charge in [0.05, 0.1) is 6.04 Å². The third-order valence-corrected chi connectivity index (χ3v) is 5.42. The van der Waals surface area contributed by atoms with Gasteiger partial charge in [0.1, 0.15) is 0 Å². The van der Waals surface area contributed by atoms with Crippen molar-refractivity contribution in [2.24, 2.45) is 17.6 Å².